The molecule has 0 fully saturated rings. The number of rotatable bonds is 5. The Morgan fingerprint density at radius 3 is 2.41 bits per heavy atom. The Morgan fingerprint density at radius 2 is 1.94 bits per heavy atom. The van der Waals surface area contributed by atoms with Crippen molar-refractivity contribution >= 4 is 0 Å². The Kier molecular flexibility index (Phi) is 5.71. The first-order valence-electron chi connectivity index (χ1n) is 6.15. The second-order valence-electron chi connectivity index (χ2n) is 4.14. The first kappa shape index (κ1) is 13.7. The summed E-state index contributed by atoms with van der Waals surface area (Å²) in [7, 11) is 1.76. The molecule has 0 radical (unpaired) electrons. The van der Waals surface area contributed by atoms with Crippen molar-refractivity contribution in [3.05, 3.63) is 59.2 Å². The molecule has 1 nitrogen and oxygen atoms in total. The van der Waals surface area contributed by atoms with Gasteiger partial charge in [-0.1, -0.05) is 55.0 Å². The largest absolute Gasteiger partial charge is 0.372 e. The Morgan fingerprint density at radius 1 is 1.29 bits per heavy atom. The first-order valence-corrected chi connectivity index (χ1v) is 6.15. The lowest BCUT2D eigenvalue weighted by atomic mass is 9.99. The first-order chi connectivity index (χ1) is 8.22. The van der Waals surface area contributed by atoms with E-state index < -0.39 is 0 Å². The Bertz CT molecular complexity index is 384. The van der Waals surface area contributed by atoms with Crippen molar-refractivity contribution in [3.8, 4) is 0 Å². The molecule has 1 aromatic rings. The molecule has 1 rings (SSSR count). The molecule has 1 heteroatoms. The molecule has 0 aliphatic carbocycles. The summed E-state index contributed by atoms with van der Waals surface area (Å²) in [5, 5.41) is 0. The van der Waals surface area contributed by atoms with E-state index in [9.17, 15) is 0 Å². The molecular formula is C16H22O. The van der Waals surface area contributed by atoms with Gasteiger partial charge in [0, 0.05) is 7.11 Å². The second kappa shape index (κ2) is 7.08. The molecule has 1 unspecified atom stereocenters. The highest BCUT2D eigenvalue weighted by molar-refractivity contribution is 5.34. The van der Waals surface area contributed by atoms with Crippen LogP contribution in [0.3, 0.4) is 0 Å². The highest BCUT2D eigenvalue weighted by atomic mass is 16.5. The van der Waals surface area contributed by atoms with Crippen LogP contribution in [-0.2, 0) is 4.74 Å². The van der Waals surface area contributed by atoms with Crippen molar-refractivity contribution < 1.29 is 4.74 Å². The smallest absolute Gasteiger partial charge is 0.107 e. The fourth-order valence-corrected chi connectivity index (χ4v) is 1.90. The Balaban J connectivity index is 3.04. The van der Waals surface area contributed by atoms with Crippen molar-refractivity contribution in [2.24, 2.45) is 0 Å². The van der Waals surface area contributed by atoms with E-state index in [4.69, 9.17) is 4.74 Å². The van der Waals surface area contributed by atoms with Crippen molar-refractivity contribution in [2.75, 3.05) is 7.11 Å². The SMILES string of the molecule is C/C=C\C(=C/CC)C(OC)c1ccc(C)cc1. The maximum Gasteiger partial charge on any atom is 0.107 e. The molecule has 17 heavy (non-hydrogen) atoms. The van der Waals surface area contributed by atoms with Crippen LogP contribution in [0.25, 0.3) is 0 Å². The second-order valence-corrected chi connectivity index (χ2v) is 4.14. The molecule has 0 amide bonds. The van der Waals surface area contributed by atoms with E-state index >= 15 is 0 Å². The molecule has 0 aliphatic heterocycles. The third kappa shape index (κ3) is 3.86. The van der Waals surface area contributed by atoms with E-state index in [-0.39, 0.29) is 6.10 Å². The zero-order valence-corrected chi connectivity index (χ0v) is 11.2. The number of benzene rings is 1. The lowest BCUT2D eigenvalue weighted by molar-refractivity contribution is 0.135. The molecule has 0 N–H and O–H groups in total. The van der Waals surface area contributed by atoms with Gasteiger partial charge in [0.05, 0.1) is 0 Å². The highest BCUT2D eigenvalue weighted by Gasteiger charge is 2.13. The molecule has 0 aliphatic rings. The summed E-state index contributed by atoms with van der Waals surface area (Å²) in [6.45, 7) is 6.27. The number of ether oxygens (including phenoxy) is 1. The van der Waals surface area contributed by atoms with Crippen LogP contribution in [0.5, 0.6) is 0 Å². The Labute approximate surface area is 105 Å². The van der Waals surface area contributed by atoms with Crippen molar-refractivity contribution in [1.82, 2.24) is 0 Å². The molecule has 1 aromatic carbocycles. The summed E-state index contributed by atoms with van der Waals surface area (Å²) in [6.07, 6.45) is 7.45. The molecular weight excluding hydrogens is 208 g/mol. The minimum Gasteiger partial charge on any atom is -0.372 e. The summed E-state index contributed by atoms with van der Waals surface area (Å²) in [6, 6.07) is 8.52. The molecule has 0 saturated carbocycles. The average molecular weight is 230 g/mol. The summed E-state index contributed by atoms with van der Waals surface area (Å²) >= 11 is 0. The van der Waals surface area contributed by atoms with E-state index in [2.05, 4.69) is 56.3 Å². The van der Waals surface area contributed by atoms with Crippen LogP contribution < -0.4 is 0 Å². The monoisotopic (exact) mass is 230 g/mol. The van der Waals surface area contributed by atoms with E-state index in [0.29, 0.717) is 0 Å². The van der Waals surface area contributed by atoms with Gasteiger partial charge in [0.15, 0.2) is 0 Å². The molecule has 0 spiro atoms. The lowest BCUT2D eigenvalue weighted by Gasteiger charge is -2.17. The molecule has 0 saturated heterocycles. The summed E-state index contributed by atoms with van der Waals surface area (Å²) in [5.41, 5.74) is 3.70. The van der Waals surface area contributed by atoms with E-state index in [0.717, 1.165) is 6.42 Å². The number of hydrogen-bond acceptors (Lipinski definition) is 1. The zero-order valence-electron chi connectivity index (χ0n) is 11.2. The lowest BCUT2D eigenvalue weighted by Crippen LogP contribution is -2.04. The molecule has 0 aromatic heterocycles. The van der Waals surface area contributed by atoms with E-state index in [1.165, 1.54) is 16.7 Å². The van der Waals surface area contributed by atoms with Crippen LogP contribution in [0.15, 0.2) is 48.1 Å². The van der Waals surface area contributed by atoms with Crippen molar-refractivity contribution in [3.63, 3.8) is 0 Å². The van der Waals surface area contributed by atoms with Gasteiger partial charge in [0.25, 0.3) is 0 Å². The van der Waals surface area contributed by atoms with Gasteiger partial charge in [-0.25, -0.2) is 0 Å². The van der Waals surface area contributed by atoms with Gasteiger partial charge in [-0.15, -0.1) is 0 Å². The minimum absolute atomic E-state index is 0.0340. The van der Waals surface area contributed by atoms with Crippen molar-refractivity contribution in [1.29, 1.82) is 0 Å². The number of methoxy groups -OCH3 is 1. The Hall–Kier alpha value is -1.34. The van der Waals surface area contributed by atoms with Crippen molar-refractivity contribution in [2.45, 2.75) is 33.3 Å². The standard InChI is InChI=1S/C16H22O/c1-5-7-14(8-6-2)16(17-4)15-11-9-13(3)10-12-15/h5,7-12,16H,6H2,1-4H3/b7-5-,14-8+. The van der Waals surface area contributed by atoms with E-state index in [1.54, 1.807) is 7.11 Å². The predicted octanol–water partition coefficient (Wildman–Crippen LogP) is 4.60. The van der Waals surface area contributed by atoms with Gasteiger partial charge in [-0.05, 0) is 31.4 Å². The fourth-order valence-electron chi connectivity index (χ4n) is 1.90. The summed E-state index contributed by atoms with van der Waals surface area (Å²) in [5.74, 6) is 0. The van der Waals surface area contributed by atoms with Crippen LogP contribution >= 0.6 is 0 Å². The maximum atomic E-state index is 5.62. The number of hydrogen-bond donors (Lipinski definition) is 0. The van der Waals surface area contributed by atoms with Crippen LogP contribution in [0.2, 0.25) is 0 Å². The number of allylic oxidation sites excluding steroid dienone is 2. The van der Waals surface area contributed by atoms with Gasteiger partial charge in [0.2, 0.25) is 0 Å². The van der Waals surface area contributed by atoms with Gasteiger partial charge in [-0.3, -0.25) is 0 Å². The van der Waals surface area contributed by atoms with Crippen LogP contribution in [0.4, 0.5) is 0 Å². The molecule has 92 valence electrons. The summed E-state index contributed by atoms with van der Waals surface area (Å²) in [4.78, 5) is 0. The summed E-state index contributed by atoms with van der Waals surface area (Å²) < 4.78 is 5.62. The maximum absolute atomic E-state index is 5.62. The quantitative estimate of drug-likeness (QED) is 0.672. The average Bonchev–Trinajstić information content (AvgIpc) is 2.33. The van der Waals surface area contributed by atoms with Crippen LogP contribution in [0, 0.1) is 6.92 Å². The molecule has 1 atom stereocenters. The van der Waals surface area contributed by atoms with Gasteiger partial charge < -0.3 is 4.74 Å². The van der Waals surface area contributed by atoms with E-state index in [1.807, 2.05) is 6.92 Å². The van der Waals surface area contributed by atoms with Gasteiger partial charge in [-0.2, -0.15) is 0 Å². The topological polar surface area (TPSA) is 9.23 Å². The van der Waals surface area contributed by atoms with Crippen LogP contribution in [-0.4, -0.2) is 7.11 Å². The predicted molar refractivity (Wildman–Crippen MR) is 74.1 cm³/mol. The molecule has 0 heterocycles. The van der Waals surface area contributed by atoms with Crippen LogP contribution in [0.1, 0.15) is 37.5 Å². The number of aryl methyl sites for hydroxylation is 1. The van der Waals surface area contributed by atoms with Gasteiger partial charge in [0.1, 0.15) is 6.10 Å². The third-order valence-corrected chi connectivity index (χ3v) is 2.72. The molecule has 0 bridgehead atoms. The minimum atomic E-state index is 0.0340. The van der Waals surface area contributed by atoms with Gasteiger partial charge >= 0.3 is 0 Å². The third-order valence-electron chi connectivity index (χ3n) is 2.72. The highest BCUT2D eigenvalue weighted by Crippen LogP contribution is 2.26. The fraction of sp³-hybridized carbons (Fsp3) is 0.375. The normalized spacial score (nSPS) is 14.2. The zero-order chi connectivity index (χ0) is 12.7.